The van der Waals surface area contributed by atoms with E-state index in [1.54, 1.807) is 23.1 Å². The van der Waals surface area contributed by atoms with Crippen LogP contribution in [0.4, 0.5) is 4.39 Å². The Bertz CT molecular complexity index is 1080. The first kappa shape index (κ1) is 19.4. The molecule has 4 rings (SSSR count). The third-order valence-corrected chi connectivity index (χ3v) is 5.24. The summed E-state index contributed by atoms with van der Waals surface area (Å²) in [5, 5.41) is 0.236. The number of aromatic nitrogens is 1. The predicted molar refractivity (Wildman–Crippen MR) is 107 cm³/mol. The molecule has 3 N–H and O–H groups in total. The summed E-state index contributed by atoms with van der Waals surface area (Å²) >= 11 is 5.98. The quantitative estimate of drug-likeness (QED) is 0.638. The maximum absolute atomic E-state index is 14.7. The van der Waals surface area contributed by atoms with Crippen LogP contribution in [0.15, 0.2) is 42.5 Å². The van der Waals surface area contributed by atoms with E-state index in [4.69, 9.17) is 22.1 Å². The van der Waals surface area contributed by atoms with Gasteiger partial charge in [0.2, 0.25) is 0 Å². The Morgan fingerprint density at radius 2 is 2.03 bits per heavy atom. The second-order valence-corrected chi connectivity index (χ2v) is 7.46. The topological polar surface area (TPSA) is 88.4 Å². The van der Waals surface area contributed by atoms with Gasteiger partial charge in [0.1, 0.15) is 17.9 Å². The molecule has 29 heavy (non-hydrogen) atoms. The summed E-state index contributed by atoms with van der Waals surface area (Å²) in [5.74, 6) is -2.00. The number of esters is 1. The molecule has 0 aliphatic carbocycles. The van der Waals surface area contributed by atoms with E-state index >= 15 is 0 Å². The molecule has 3 aromatic rings. The fourth-order valence-corrected chi connectivity index (χ4v) is 3.68. The van der Waals surface area contributed by atoms with Gasteiger partial charge in [-0.15, -0.1) is 0 Å². The maximum Gasteiger partial charge on any atom is 0.343 e. The van der Waals surface area contributed by atoms with Crippen molar-refractivity contribution < 1.29 is 18.7 Å². The van der Waals surface area contributed by atoms with Gasteiger partial charge < -0.3 is 20.4 Å². The highest BCUT2D eigenvalue weighted by Gasteiger charge is 2.28. The Morgan fingerprint density at radius 1 is 1.28 bits per heavy atom. The molecule has 1 aliphatic heterocycles. The molecular formula is C21H19ClFN3O3. The normalized spacial score (nSPS) is 16.4. The molecule has 1 atom stereocenters. The highest BCUT2D eigenvalue weighted by molar-refractivity contribution is 6.32. The molecule has 1 aromatic heterocycles. The minimum atomic E-state index is -0.888. The van der Waals surface area contributed by atoms with E-state index in [0.717, 1.165) is 12.0 Å². The van der Waals surface area contributed by atoms with Crippen molar-refractivity contribution in [3.8, 4) is 0 Å². The molecule has 1 fully saturated rings. The van der Waals surface area contributed by atoms with Crippen molar-refractivity contribution in [1.29, 1.82) is 0 Å². The van der Waals surface area contributed by atoms with Gasteiger partial charge in [-0.05, 0) is 24.1 Å². The van der Waals surface area contributed by atoms with E-state index in [1.165, 1.54) is 6.07 Å². The van der Waals surface area contributed by atoms with Gasteiger partial charge >= 0.3 is 5.97 Å². The second-order valence-electron chi connectivity index (χ2n) is 7.06. The fourth-order valence-electron chi connectivity index (χ4n) is 3.46. The molecule has 0 unspecified atom stereocenters. The number of benzene rings is 2. The SMILES string of the molecule is N[C@H]1CCN(C(=O)c2cc3cc(Cl)c(F)c(C(=O)OCc4ccccc4)c3[nH]2)C1. The predicted octanol–water partition coefficient (Wildman–Crippen LogP) is 3.49. The number of nitrogens with one attached hydrogen (secondary N) is 1. The van der Waals surface area contributed by atoms with Crippen LogP contribution in [0.3, 0.4) is 0 Å². The van der Waals surface area contributed by atoms with Crippen molar-refractivity contribution in [1.82, 2.24) is 9.88 Å². The summed E-state index contributed by atoms with van der Waals surface area (Å²) in [4.78, 5) is 29.8. The summed E-state index contributed by atoms with van der Waals surface area (Å²) in [6, 6.07) is 11.9. The molecule has 0 spiro atoms. The lowest BCUT2D eigenvalue weighted by Gasteiger charge is -2.14. The third kappa shape index (κ3) is 3.83. The van der Waals surface area contributed by atoms with Crippen LogP contribution in [0.25, 0.3) is 10.9 Å². The number of fused-ring (bicyclic) bond motifs is 1. The van der Waals surface area contributed by atoms with Crippen molar-refractivity contribution in [3.63, 3.8) is 0 Å². The van der Waals surface area contributed by atoms with E-state index in [1.807, 2.05) is 18.2 Å². The lowest BCUT2D eigenvalue weighted by Crippen LogP contribution is -2.32. The van der Waals surface area contributed by atoms with Crippen molar-refractivity contribution in [3.05, 3.63) is 70.1 Å². The molecule has 1 amide bonds. The van der Waals surface area contributed by atoms with Crippen LogP contribution in [-0.2, 0) is 11.3 Å². The number of halogens is 2. The average Bonchev–Trinajstić information content (AvgIpc) is 3.33. The van der Waals surface area contributed by atoms with Crippen LogP contribution in [0.1, 0.15) is 32.8 Å². The van der Waals surface area contributed by atoms with Crippen molar-refractivity contribution in [2.45, 2.75) is 19.1 Å². The third-order valence-electron chi connectivity index (χ3n) is 4.97. The Balaban J connectivity index is 1.65. The number of rotatable bonds is 4. The Labute approximate surface area is 171 Å². The van der Waals surface area contributed by atoms with E-state index < -0.39 is 11.8 Å². The largest absolute Gasteiger partial charge is 0.457 e. The molecule has 2 aromatic carbocycles. The minimum Gasteiger partial charge on any atom is -0.457 e. The highest BCUT2D eigenvalue weighted by Crippen LogP contribution is 2.30. The molecule has 150 valence electrons. The number of carbonyl (C=O) groups excluding carboxylic acids is 2. The first-order valence-corrected chi connectivity index (χ1v) is 9.58. The van der Waals surface area contributed by atoms with Crippen LogP contribution < -0.4 is 5.73 Å². The second kappa shape index (κ2) is 7.85. The fraction of sp³-hybridized carbons (Fsp3) is 0.238. The van der Waals surface area contributed by atoms with E-state index in [2.05, 4.69) is 4.98 Å². The summed E-state index contributed by atoms with van der Waals surface area (Å²) in [6.07, 6.45) is 0.726. The molecule has 2 heterocycles. The summed E-state index contributed by atoms with van der Waals surface area (Å²) < 4.78 is 20.0. The summed E-state index contributed by atoms with van der Waals surface area (Å²) in [6.45, 7) is 0.997. The number of ether oxygens (including phenoxy) is 1. The summed E-state index contributed by atoms with van der Waals surface area (Å²) in [7, 11) is 0. The molecule has 1 aliphatic rings. The lowest BCUT2D eigenvalue weighted by molar-refractivity contribution is 0.0469. The number of hydrogen-bond acceptors (Lipinski definition) is 4. The van der Waals surface area contributed by atoms with Gasteiger partial charge in [0.05, 0.1) is 10.5 Å². The van der Waals surface area contributed by atoms with Gasteiger partial charge in [-0.1, -0.05) is 41.9 Å². The zero-order valence-electron chi connectivity index (χ0n) is 15.5. The number of aromatic amines is 1. The molecule has 1 saturated heterocycles. The first-order valence-electron chi connectivity index (χ1n) is 9.20. The maximum atomic E-state index is 14.7. The zero-order valence-corrected chi connectivity index (χ0v) is 16.2. The van der Waals surface area contributed by atoms with Crippen molar-refractivity contribution in [2.75, 3.05) is 13.1 Å². The molecular weight excluding hydrogens is 397 g/mol. The Kier molecular flexibility index (Phi) is 5.25. The number of amides is 1. The van der Waals surface area contributed by atoms with Gasteiger partial charge in [-0.3, -0.25) is 4.79 Å². The van der Waals surface area contributed by atoms with Gasteiger partial charge in [0.25, 0.3) is 5.91 Å². The molecule has 0 radical (unpaired) electrons. The van der Waals surface area contributed by atoms with Crippen molar-refractivity contribution in [2.24, 2.45) is 5.73 Å². The smallest absolute Gasteiger partial charge is 0.343 e. The Hall–Kier alpha value is -2.90. The standard InChI is InChI=1S/C21H19ClFN3O3/c22-15-8-13-9-16(20(27)26-7-6-14(24)10-26)25-19(13)17(18(15)23)21(28)29-11-12-4-2-1-3-5-12/h1-5,8-9,14,25H,6-7,10-11,24H2/t14-/m0/s1. The number of H-pyrrole nitrogens is 1. The van der Waals surface area contributed by atoms with Crippen LogP contribution >= 0.6 is 11.6 Å². The van der Waals surface area contributed by atoms with Crippen LogP contribution in [0, 0.1) is 5.82 Å². The average molecular weight is 416 g/mol. The number of hydrogen-bond donors (Lipinski definition) is 2. The van der Waals surface area contributed by atoms with Gasteiger partial charge in [0.15, 0.2) is 5.82 Å². The molecule has 0 bridgehead atoms. The molecule has 8 heteroatoms. The van der Waals surface area contributed by atoms with E-state index in [-0.39, 0.29) is 40.4 Å². The number of nitrogens with two attached hydrogens (primary N) is 1. The van der Waals surface area contributed by atoms with Gasteiger partial charge in [0, 0.05) is 24.5 Å². The molecule has 0 saturated carbocycles. The monoisotopic (exact) mass is 415 g/mol. The van der Waals surface area contributed by atoms with Crippen LogP contribution in [-0.4, -0.2) is 40.9 Å². The minimum absolute atomic E-state index is 0.00865. The van der Waals surface area contributed by atoms with Gasteiger partial charge in [-0.25, -0.2) is 9.18 Å². The zero-order chi connectivity index (χ0) is 20.5. The van der Waals surface area contributed by atoms with E-state index in [0.29, 0.717) is 18.5 Å². The molecule has 6 nitrogen and oxygen atoms in total. The van der Waals surface area contributed by atoms with Crippen LogP contribution in [0.2, 0.25) is 5.02 Å². The lowest BCUT2D eigenvalue weighted by atomic mass is 10.1. The van der Waals surface area contributed by atoms with E-state index in [9.17, 15) is 14.0 Å². The highest BCUT2D eigenvalue weighted by atomic mass is 35.5. The Morgan fingerprint density at radius 3 is 2.72 bits per heavy atom. The van der Waals surface area contributed by atoms with Gasteiger partial charge in [-0.2, -0.15) is 0 Å². The first-order chi connectivity index (χ1) is 13.9. The van der Waals surface area contributed by atoms with Crippen LogP contribution in [0.5, 0.6) is 0 Å². The number of likely N-dealkylation sites (tertiary alicyclic amines) is 1. The summed E-state index contributed by atoms with van der Waals surface area (Å²) in [5.41, 5.74) is 6.74. The number of nitrogens with zero attached hydrogens (tertiary/aromatic N) is 1. The van der Waals surface area contributed by atoms with Crippen molar-refractivity contribution >= 4 is 34.4 Å². The number of carbonyl (C=O) groups is 2.